The summed E-state index contributed by atoms with van der Waals surface area (Å²) < 4.78 is 0. The molecule has 42 heavy (non-hydrogen) atoms. The second kappa shape index (κ2) is 11.6. The summed E-state index contributed by atoms with van der Waals surface area (Å²) >= 11 is 0. The van der Waals surface area contributed by atoms with Crippen LogP contribution in [-0.4, -0.2) is 0 Å². The van der Waals surface area contributed by atoms with Crippen LogP contribution < -0.4 is 0 Å². The molecule has 0 spiro atoms. The lowest BCUT2D eigenvalue weighted by molar-refractivity contribution is 0.0451. The average Bonchev–Trinajstić information content (AvgIpc) is 3.69. The van der Waals surface area contributed by atoms with Gasteiger partial charge >= 0.3 is 0 Å². The normalized spacial score (nSPS) is 37.5. The molecule has 0 aromatic heterocycles. The Morgan fingerprint density at radius 2 is 1.24 bits per heavy atom. The van der Waals surface area contributed by atoms with E-state index in [0.717, 1.165) is 23.7 Å². The molecule has 0 bridgehead atoms. The predicted molar refractivity (Wildman–Crippen MR) is 182 cm³/mol. The van der Waals surface area contributed by atoms with Crippen LogP contribution in [0.2, 0.25) is 0 Å². The van der Waals surface area contributed by atoms with E-state index >= 15 is 0 Å². The van der Waals surface area contributed by atoms with Gasteiger partial charge in [0.15, 0.2) is 0 Å². The summed E-state index contributed by atoms with van der Waals surface area (Å²) in [5.41, 5.74) is 3.90. The Hall–Kier alpha value is -1.82. The molecule has 0 heteroatoms. The van der Waals surface area contributed by atoms with Crippen LogP contribution in [0.1, 0.15) is 106 Å². The molecule has 6 aliphatic rings. The van der Waals surface area contributed by atoms with Gasteiger partial charge in [0.1, 0.15) is 0 Å². The monoisotopic (exact) mass is 564 g/mol. The van der Waals surface area contributed by atoms with Gasteiger partial charge in [-0.3, -0.25) is 0 Å². The first kappa shape index (κ1) is 30.2. The van der Waals surface area contributed by atoms with Crippen molar-refractivity contribution in [3.05, 3.63) is 84.1 Å². The molecule has 6 aliphatic carbocycles. The van der Waals surface area contributed by atoms with Crippen molar-refractivity contribution in [2.24, 2.45) is 69.5 Å². The van der Waals surface area contributed by atoms with Crippen LogP contribution in [0.5, 0.6) is 0 Å². The highest BCUT2D eigenvalue weighted by Gasteiger charge is 2.57. The minimum atomic E-state index is 0.205. The third-order valence-corrected chi connectivity index (χ3v) is 12.9. The summed E-state index contributed by atoms with van der Waals surface area (Å²) in [5.74, 6) is 6.58. The second-order valence-electron chi connectivity index (χ2n) is 17.4. The zero-order chi connectivity index (χ0) is 29.7. The molecule has 0 N–H and O–H groups in total. The molecule has 0 amide bonds. The molecule has 0 aromatic carbocycles. The highest BCUT2D eigenvalue weighted by atomic mass is 14.6. The van der Waals surface area contributed by atoms with E-state index in [1.165, 1.54) is 57.8 Å². The van der Waals surface area contributed by atoms with E-state index in [9.17, 15) is 0 Å². The molecular weight excluding hydrogens is 504 g/mol. The molecule has 3 fully saturated rings. The quantitative estimate of drug-likeness (QED) is 0.270. The molecule has 6 rings (SSSR count). The summed E-state index contributed by atoms with van der Waals surface area (Å²) in [5, 5.41) is 0. The average molecular weight is 565 g/mol. The van der Waals surface area contributed by atoms with Crippen molar-refractivity contribution < 1.29 is 0 Å². The van der Waals surface area contributed by atoms with Crippen molar-refractivity contribution in [3.8, 4) is 0 Å². The maximum Gasteiger partial charge on any atom is -0.00952 e. The van der Waals surface area contributed by atoms with Gasteiger partial charge in [-0.1, -0.05) is 134 Å². The van der Waals surface area contributed by atoms with Crippen molar-refractivity contribution in [2.75, 3.05) is 0 Å². The second-order valence-corrected chi connectivity index (χ2v) is 17.4. The zero-order valence-electron chi connectivity index (χ0n) is 28.0. The summed E-state index contributed by atoms with van der Waals surface area (Å²) in [6.07, 6.45) is 42.9. The summed E-state index contributed by atoms with van der Waals surface area (Å²) in [7, 11) is 0. The van der Waals surface area contributed by atoms with Crippen LogP contribution in [0.3, 0.4) is 0 Å². The number of allylic oxidation sites excluding steroid dienone is 14. The van der Waals surface area contributed by atoms with Gasteiger partial charge < -0.3 is 0 Å². The number of hydrogen-bond acceptors (Lipinski definition) is 0. The first-order chi connectivity index (χ1) is 20.0. The number of fused-ring (bicyclic) bond motifs is 4. The predicted octanol–water partition coefficient (Wildman–Crippen LogP) is 11.9. The van der Waals surface area contributed by atoms with Crippen molar-refractivity contribution in [3.63, 3.8) is 0 Å². The Balaban J connectivity index is 1.28. The van der Waals surface area contributed by atoms with Gasteiger partial charge in [0.05, 0.1) is 0 Å². The Kier molecular flexibility index (Phi) is 8.34. The molecule has 8 unspecified atom stereocenters. The SMILES string of the molecule is CC(C)(C)C1=CC2C(C=C1)C1C=CC(C(C)(C)C)=CC1C2C(C)(CCC=CCC1CCC2C=CC=CC21)C1CCCC1. The molecule has 0 radical (unpaired) electrons. The zero-order valence-corrected chi connectivity index (χ0v) is 28.0. The minimum Gasteiger partial charge on any atom is -0.0885 e. The third kappa shape index (κ3) is 5.71. The maximum absolute atomic E-state index is 2.78. The lowest BCUT2D eigenvalue weighted by Gasteiger charge is -2.47. The topological polar surface area (TPSA) is 0 Å². The van der Waals surface area contributed by atoms with Crippen LogP contribution in [0, 0.1) is 69.5 Å². The fourth-order valence-electron chi connectivity index (χ4n) is 10.4. The van der Waals surface area contributed by atoms with Crippen molar-refractivity contribution >= 4 is 0 Å². The van der Waals surface area contributed by atoms with Gasteiger partial charge in [0.25, 0.3) is 0 Å². The van der Waals surface area contributed by atoms with E-state index in [0.29, 0.717) is 35.0 Å². The lowest BCUT2D eigenvalue weighted by Crippen LogP contribution is -2.40. The summed E-state index contributed by atoms with van der Waals surface area (Å²) in [6, 6.07) is 0. The first-order valence-electron chi connectivity index (χ1n) is 17.8. The Bertz CT molecular complexity index is 1140. The van der Waals surface area contributed by atoms with Crippen molar-refractivity contribution in [1.82, 2.24) is 0 Å². The Morgan fingerprint density at radius 3 is 1.83 bits per heavy atom. The fraction of sp³-hybridized carbons (Fsp3) is 0.667. The van der Waals surface area contributed by atoms with Crippen LogP contribution in [-0.2, 0) is 0 Å². The summed E-state index contributed by atoms with van der Waals surface area (Å²) in [6.45, 7) is 17.2. The molecule has 0 aromatic rings. The third-order valence-electron chi connectivity index (χ3n) is 12.9. The Labute approximate surface area is 259 Å². The minimum absolute atomic E-state index is 0.205. The van der Waals surface area contributed by atoms with E-state index in [2.05, 4.69) is 121 Å². The van der Waals surface area contributed by atoms with Crippen molar-refractivity contribution in [1.29, 1.82) is 0 Å². The van der Waals surface area contributed by atoms with Crippen LogP contribution in [0.4, 0.5) is 0 Å². The Morgan fingerprint density at radius 1 is 0.643 bits per heavy atom. The van der Waals surface area contributed by atoms with E-state index < -0.39 is 0 Å². The molecule has 0 nitrogen and oxygen atoms in total. The van der Waals surface area contributed by atoms with Crippen LogP contribution in [0.15, 0.2) is 84.1 Å². The molecular formula is C42H60. The standard InChI is InChI=1S/C42H60/c1-40(2,3)32-22-24-35-36-25-23-33(41(4,5)6)28-38(36)39(37(35)27-32)42(7,31-17-11-12-18-31)26-14-8-9-15-29-20-21-30-16-10-13-19-34(29)30/h8-10,13,16,19,22-25,27-31,34-39H,11-12,14-15,17-18,20-21,26H2,1-7H3. The molecule has 0 heterocycles. The smallest absolute Gasteiger partial charge is 0.00952 e. The van der Waals surface area contributed by atoms with Gasteiger partial charge in [0, 0.05) is 0 Å². The van der Waals surface area contributed by atoms with Crippen LogP contribution >= 0.6 is 0 Å². The molecule has 0 aliphatic heterocycles. The van der Waals surface area contributed by atoms with Gasteiger partial charge in [-0.15, -0.1) is 0 Å². The molecule has 228 valence electrons. The number of rotatable bonds is 7. The highest BCUT2D eigenvalue weighted by Crippen LogP contribution is 2.63. The molecule has 3 saturated carbocycles. The van der Waals surface area contributed by atoms with E-state index in [4.69, 9.17) is 0 Å². The molecule has 8 atom stereocenters. The number of hydrogen-bond donors (Lipinski definition) is 0. The summed E-state index contributed by atoms with van der Waals surface area (Å²) in [4.78, 5) is 0. The van der Waals surface area contributed by atoms with Crippen LogP contribution in [0.25, 0.3) is 0 Å². The maximum atomic E-state index is 2.78. The van der Waals surface area contributed by atoms with Crippen molar-refractivity contribution in [2.45, 2.75) is 106 Å². The fourth-order valence-corrected chi connectivity index (χ4v) is 10.4. The van der Waals surface area contributed by atoms with Gasteiger partial charge in [-0.2, -0.15) is 0 Å². The molecule has 0 saturated heterocycles. The largest absolute Gasteiger partial charge is 0.0885 e. The van der Waals surface area contributed by atoms with Gasteiger partial charge in [-0.05, 0) is 126 Å². The van der Waals surface area contributed by atoms with Gasteiger partial charge in [0.2, 0.25) is 0 Å². The van der Waals surface area contributed by atoms with E-state index in [1.807, 2.05) is 0 Å². The highest BCUT2D eigenvalue weighted by molar-refractivity contribution is 5.39. The van der Waals surface area contributed by atoms with E-state index in [1.54, 1.807) is 11.1 Å². The van der Waals surface area contributed by atoms with E-state index in [-0.39, 0.29) is 10.8 Å². The van der Waals surface area contributed by atoms with Gasteiger partial charge in [-0.25, -0.2) is 0 Å². The lowest BCUT2D eigenvalue weighted by atomic mass is 9.57. The first-order valence-corrected chi connectivity index (χ1v) is 17.8.